The van der Waals surface area contributed by atoms with Crippen molar-refractivity contribution >= 4 is 29.3 Å². The SMILES string of the molecule is Cc1ccc(C)c(NC(=O)[C@H]2CS[C@@]3(c4ccccc4)CCC(=O)N23)c1. The van der Waals surface area contributed by atoms with Crippen molar-refractivity contribution in [2.75, 3.05) is 11.1 Å². The standard InChI is InChI=1S/C21H22N2O2S/c1-14-8-9-15(2)17(12-14)22-20(25)18-13-26-21(11-10-19(24)23(18)21)16-6-4-3-5-7-16/h3-9,12,18H,10-11,13H2,1-2H3,(H,22,25)/t18-,21-/m1/s1. The number of thioether (sulfide) groups is 1. The summed E-state index contributed by atoms with van der Waals surface area (Å²) in [6.45, 7) is 3.98. The molecule has 0 radical (unpaired) electrons. The van der Waals surface area contributed by atoms with E-state index in [0.29, 0.717) is 12.2 Å². The maximum Gasteiger partial charge on any atom is 0.248 e. The lowest BCUT2D eigenvalue weighted by Gasteiger charge is -2.34. The van der Waals surface area contributed by atoms with Crippen molar-refractivity contribution in [3.8, 4) is 0 Å². The van der Waals surface area contributed by atoms with E-state index in [2.05, 4.69) is 17.4 Å². The Labute approximate surface area is 158 Å². The summed E-state index contributed by atoms with van der Waals surface area (Å²) in [4.78, 5) is 27.1. The first-order valence-electron chi connectivity index (χ1n) is 8.91. The smallest absolute Gasteiger partial charge is 0.248 e. The van der Waals surface area contributed by atoms with E-state index in [9.17, 15) is 9.59 Å². The Balaban J connectivity index is 1.63. The van der Waals surface area contributed by atoms with Crippen molar-refractivity contribution in [1.29, 1.82) is 0 Å². The van der Waals surface area contributed by atoms with Crippen LogP contribution in [0, 0.1) is 13.8 Å². The summed E-state index contributed by atoms with van der Waals surface area (Å²) < 4.78 is 0. The molecule has 26 heavy (non-hydrogen) atoms. The number of carbonyl (C=O) groups is 2. The minimum atomic E-state index is -0.435. The summed E-state index contributed by atoms with van der Waals surface area (Å²) in [7, 11) is 0. The molecule has 134 valence electrons. The molecule has 2 aliphatic rings. The average Bonchev–Trinajstić information content (AvgIpc) is 3.18. The third-order valence-corrected chi connectivity index (χ3v) is 6.90. The van der Waals surface area contributed by atoms with Gasteiger partial charge in [-0.15, -0.1) is 11.8 Å². The molecule has 2 amide bonds. The zero-order valence-corrected chi connectivity index (χ0v) is 15.8. The average molecular weight is 366 g/mol. The van der Waals surface area contributed by atoms with Gasteiger partial charge in [-0.25, -0.2) is 0 Å². The normalized spacial score (nSPS) is 24.6. The van der Waals surface area contributed by atoms with Gasteiger partial charge < -0.3 is 10.2 Å². The van der Waals surface area contributed by atoms with Crippen LogP contribution in [0.3, 0.4) is 0 Å². The number of anilines is 1. The van der Waals surface area contributed by atoms with E-state index in [1.165, 1.54) is 0 Å². The molecule has 2 aliphatic heterocycles. The predicted octanol–water partition coefficient (Wildman–Crippen LogP) is 3.83. The van der Waals surface area contributed by atoms with Gasteiger partial charge in [0.05, 0.1) is 0 Å². The van der Waals surface area contributed by atoms with Gasteiger partial charge in [-0.3, -0.25) is 9.59 Å². The highest BCUT2D eigenvalue weighted by Gasteiger charge is 2.56. The second-order valence-corrected chi connectivity index (χ2v) is 8.35. The molecule has 2 fully saturated rings. The lowest BCUT2D eigenvalue weighted by molar-refractivity contribution is -0.136. The highest BCUT2D eigenvalue weighted by atomic mass is 32.2. The van der Waals surface area contributed by atoms with Crippen LogP contribution in [0.15, 0.2) is 48.5 Å². The number of carbonyl (C=O) groups excluding carboxylic acids is 2. The fourth-order valence-electron chi connectivity index (χ4n) is 3.92. The van der Waals surface area contributed by atoms with Crippen molar-refractivity contribution in [1.82, 2.24) is 4.90 Å². The molecule has 0 spiro atoms. The molecule has 1 N–H and O–H groups in total. The summed E-state index contributed by atoms with van der Waals surface area (Å²) >= 11 is 1.72. The molecule has 2 aromatic rings. The molecule has 2 aromatic carbocycles. The minimum absolute atomic E-state index is 0.0694. The van der Waals surface area contributed by atoms with Crippen LogP contribution in [-0.2, 0) is 14.5 Å². The summed E-state index contributed by atoms with van der Waals surface area (Å²) in [5.74, 6) is 0.594. The van der Waals surface area contributed by atoms with E-state index in [1.807, 2.05) is 55.1 Å². The van der Waals surface area contributed by atoms with Gasteiger partial charge >= 0.3 is 0 Å². The molecular formula is C21H22N2O2S. The molecule has 0 bridgehead atoms. The zero-order valence-electron chi connectivity index (χ0n) is 15.0. The largest absolute Gasteiger partial charge is 0.324 e. The Morgan fingerprint density at radius 1 is 1.19 bits per heavy atom. The molecule has 0 unspecified atom stereocenters. The topological polar surface area (TPSA) is 49.4 Å². The van der Waals surface area contributed by atoms with E-state index < -0.39 is 10.9 Å². The number of amides is 2. The quantitative estimate of drug-likeness (QED) is 0.898. The molecule has 0 aromatic heterocycles. The van der Waals surface area contributed by atoms with Crippen LogP contribution in [0.1, 0.15) is 29.5 Å². The number of nitrogens with one attached hydrogen (secondary N) is 1. The van der Waals surface area contributed by atoms with Gasteiger partial charge in [0.2, 0.25) is 11.8 Å². The van der Waals surface area contributed by atoms with Gasteiger partial charge in [-0.05, 0) is 43.0 Å². The van der Waals surface area contributed by atoms with E-state index in [0.717, 1.165) is 28.8 Å². The predicted molar refractivity (Wildman–Crippen MR) is 105 cm³/mol. The summed E-state index contributed by atoms with van der Waals surface area (Å²) in [5.41, 5.74) is 4.06. The van der Waals surface area contributed by atoms with Gasteiger partial charge in [0.1, 0.15) is 10.9 Å². The highest BCUT2D eigenvalue weighted by Crippen LogP contribution is 2.54. The van der Waals surface area contributed by atoms with Crippen LogP contribution in [0.4, 0.5) is 5.69 Å². The summed E-state index contributed by atoms with van der Waals surface area (Å²) in [5, 5.41) is 3.05. The Kier molecular flexibility index (Phi) is 4.27. The summed E-state index contributed by atoms with van der Waals surface area (Å²) in [6.07, 6.45) is 1.25. The molecule has 2 atom stereocenters. The number of hydrogen-bond donors (Lipinski definition) is 1. The third-order valence-electron chi connectivity index (χ3n) is 5.31. The first-order valence-corrected chi connectivity index (χ1v) is 9.89. The first-order chi connectivity index (χ1) is 12.5. The molecule has 0 saturated carbocycles. The van der Waals surface area contributed by atoms with E-state index >= 15 is 0 Å². The maximum absolute atomic E-state index is 13.0. The van der Waals surface area contributed by atoms with Gasteiger partial charge in [0.15, 0.2) is 0 Å². The van der Waals surface area contributed by atoms with Gasteiger partial charge in [-0.2, -0.15) is 0 Å². The van der Waals surface area contributed by atoms with Crippen LogP contribution in [0.2, 0.25) is 0 Å². The number of hydrogen-bond acceptors (Lipinski definition) is 3. The molecule has 4 nitrogen and oxygen atoms in total. The number of benzene rings is 2. The second-order valence-electron chi connectivity index (χ2n) is 7.05. The van der Waals surface area contributed by atoms with Crippen molar-refractivity contribution in [2.45, 2.75) is 37.6 Å². The Morgan fingerprint density at radius 3 is 2.73 bits per heavy atom. The van der Waals surface area contributed by atoms with Gasteiger partial charge in [0, 0.05) is 17.9 Å². The molecule has 0 aliphatic carbocycles. The van der Waals surface area contributed by atoms with Crippen LogP contribution >= 0.6 is 11.8 Å². The fourth-order valence-corrected chi connectivity index (χ4v) is 5.57. The number of rotatable bonds is 3. The number of aryl methyl sites for hydroxylation is 2. The second kappa shape index (κ2) is 6.47. The van der Waals surface area contributed by atoms with Crippen LogP contribution in [0.5, 0.6) is 0 Å². The Hall–Kier alpha value is -2.27. The monoisotopic (exact) mass is 366 g/mol. The lowest BCUT2D eigenvalue weighted by Crippen LogP contribution is -2.48. The van der Waals surface area contributed by atoms with Crippen LogP contribution in [-0.4, -0.2) is 28.5 Å². The van der Waals surface area contributed by atoms with E-state index in [1.54, 1.807) is 11.8 Å². The Bertz CT molecular complexity index is 868. The first kappa shape index (κ1) is 17.2. The molecule has 4 rings (SSSR count). The zero-order chi connectivity index (χ0) is 18.3. The number of nitrogens with zero attached hydrogens (tertiary/aromatic N) is 1. The molecular weight excluding hydrogens is 344 g/mol. The van der Waals surface area contributed by atoms with Crippen molar-refractivity contribution in [2.24, 2.45) is 0 Å². The van der Waals surface area contributed by atoms with Gasteiger partial charge in [0.25, 0.3) is 0 Å². The molecule has 2 heterocycles. The van der Waals surface area contributed by atoms with Crippen molar-refractivity contribution in [3.05, 3.63) is 65.2 Å². The summed E-state index contributed by atoms with van der Waals surface area (Å²) in [6, 6.07) is 15.7. The number of fused-ring (bicyclic) bond motifs is 1. The maximum atomic E-state index is 13.0. The van der Waals surface area contributed by atoms with E-state index in [4.69, 9.17) is 0 Å². The van der Waals surface area contributed by atoms with E-state index in [-0.39, 0.29) is 11.8 Å². The van der Waals surface area contributed by atoms with Crippen molar-refractivity contribution < 1.29 is 9.59 Å². The Morgan fingerprint density at radius 2 is 1.96 bits per heavy atom. The molecule has 2 saturated heterocycles. The van der Waals surface area contributed by atoms with Gasteiger partial charge in [-0.1, -0.05) is 42.5 Å². The highest BCUT2D eigenvalue weighted by molar-refractivity contribution is 8.00. The van der Waals surface area contributed by atoms with Crippen LogP contribution < -0.4 is 5.32 Å². The minimum Gasteiger partial charge on any atom is -0.324 e. The van der Waals surface area contributed by atoms with Crippen LogP contribution in [0.25, 0.3) is 0 Å². The van der Waals surface area contributed by atoms with Crippen molar-refractivity contribution in [3.63, 3.8) is 0 Å². The lowest BCUT2D eigenvalue weighted by atomic mass is 10.0. The molecule has 5 heteroatoms. The third kappa shape index (κ3) is 2.71. The fraction of sp³-hybridized carbons (Fsp3) is 0.333.